The zero-order valence-corrected chi connectivity index (χ0v) is 11.6. The van der Waals surface area contributed by atoms with Gasteiger partial charge in [0.15, 0.2) is 5.16 Å². The molecule has 0 spiro atoms. The van der Waals surface area contributed by atoms with E-state index in [4.69, 9.17) is 0 Å². The van der Waals surface area contributed by atoms with E-state index in [1.54, 1.807) is 0 Å². The van der Waals surface area contributed by atoms with Gasteiger partial charge in [0.1, 0.15) is 5.82 Å². The van der Waals surface area contributed by atoms with Crippen molar-refractivity contribution in [1.82, 2.24) is 14.8 Å². The predicted octanol–water partition coefficient (Wildman–Crippen LogP) is 0.812. The van der Waals surface area contributed by atoms with E-state index in [9.17, 15) is 19.1 Å². The number of aliphatic hydroxyl groups excluding tert-OH is 1. The quantitative estimate of drug-likeness (QED) is 0.819. The van der Waals surface area contributed by atoms with Crippen LogP contribution < -0.4 is 11.1 Å². The monoisotopic (exact) mass is 297 g/mol. The Balaban J connectivity index is 2.47. The molecule has 20 heavy (non-hydrogen) atoms. The summed E-state index contributed by atoms with van der Waals surface area (Å²) in [5, 5.41) is 12.2. The topological polar surface area (TPSA) is 88.0 Å². The number of aromatic amines is 1. The molecule has 106 valence electrons. The van der Waals surface area contributed by atoms with Gasteiger partial charge in [0.25, 0.3) is 0 Å². The summed E-state index contributed by atoms with van der Waals surface area (Å²) in [5.74, 6) is -0.464. The van der Waals surface area contributed by atoms with Gasteiger partial charge in [-0.1, -0.05) is 0 Å². The van der Waals surface area contributed by atoms with Crippen LogP contribution in [0.5, 0.6) is 0 Å². The van der Waals surface area contributed by atoms with Crippen molar-refractivity contribution < 1.29 is 9.50 Å². The van der Waals surface area contributed by atoms with Gasteiger partial charge in [0.2, 0.25) is 0 Å². The van der Waals surface area contributed by atoms with Gasteiger partial charge in [-0.25, -0.2) is 4.39 Å². The summed E-state index contributed by atoms with van der Waals surface area (Å²) in [6, 6.07) is 3.95. The summed E-state index contributed by atoms with van der Waals surface area (Å²) in [4.78, 5) is 26.6. The second-order valence-electron chi connectivity index (χ2n) is 4.16. The van der Waals surface area contributed by atoms with E-state index in [-0.39, 0.29) is 5.16 Å². The number of hydrogen-bond acceptors (Lipinski definition) is 5. The first-order valence-electron chi connectivity index (χ1n) is 5.71. The molecule has 0 saturated carbocycles. The van der Waals surface area contributed by atoms with Crippen molar-refractivity contribution in [2.45, 2.75) is 23.1 Å². The van der Waals surface area contributed by atoms with E-state index >= 15 is 0 Å². The normalized spacial score (nSPS) is 12.4. The Labute approximate surface area is 117 Å². The third-order valence-corrected chi connectivity index (χ3v) is 3.71. The van der Waals surface area contributed by atoms with Crippen LogP contribution in [0.2, 0.25) is 0 Å². The average molecular weight is 297 g/mol. The summed E-state index contributed by atoms with van der Waals surface area (Å²) in [6.07, 6.45) is -0.868. The van der Waals surface area contributed by atoms with E-state index in [2.05, 4.69) is 10.1 Å². The lowest BCUT2D eigenvalue weighted by molar-refractivity contribution is 0.196. The van der Waals surface area contributed by atoms with Crippen LogP contribution in [0.15, 0.2) is 37.8 Å². The summed E-state index contributed by atoms with van der Waals surface area (Å²) in [6.45, 7) is 1.51. The van der Waals surface area contributed by atoms with Crippen molar-refractivity contribution >= 4 is 11.8 Å². The molecule has 0 aliphatic carbocycles. The third-order valence-electron chi connectivity index (χ3n) is 2.57. The lowest BCUT2D eigenvalue weighted by Crippen LogP contribution is -2.33. The number of rotatable bonds is 3. The van der Waals surface area contributed by atoms with Gasteiger partial charge in [-0.05, 0) is 42.4 Å². The molecule has 1 unspecified atom stereocenters. The van der Waals surface area contributed by atoms with Crippen LogP contribution in [-0.2, 0) is 7.05 Å². The molecule has 0 aliphatic heterocycles. The fourth-order valence-electron chi connectivity index (χ4n) is 1.59. The van der Waals surface area contributed by atoms with Crippen molar-refractivity contribution in [2.75, 3.05) is 0 Å². The maximum Gasteiger partial charge on any atom is 0.339 e. The summed E-state index contributed by atoms with van der Waals surface area (Å²) >= 11 is 1.06. The van der Waals surface area contributed by atoms with Gasteiger partial charge in [0, 0.05) is 11.9 Å². The highest BCUT2D eigenvalue weighted by molar-refractivity contribution is 7.99. The van der Waals surface area contributed by atoms with Crippen LogP contribution in [0.25, 0.3) is 0 Å². The van der Waals surface area contributed by atoms with Gasteiger partial charge < -0.3 is 5.11 Å². The molecule has 1 aromatic carbocycles. The maximum atomic E-state index is 13.2. The molecule has 0 fully saturated rings. The van der Waals surface area contributed by atoms with Crippen LogP contribution in [0, 0.1) is 5.82 Å². The second-order valence-corrected chi connectivity index (χ2v) is 5.17. The second kappa shape index (κ2) is 5.59. The first-order chi connectivity index (χ1) is 9.38. The average Bonchev–Trinajstić information content (AvgIpc) is 2.37. The molecule has 1 aromatic heterocycles. The lowest BCUT2D eigenvalue weighted by atomic mass is 10.1. The molecule has 6 nitrogen and oxygen atoms in total. The number of hydrogen-bond donors (Lipinski definition) is 2. The third kappa shape index (κ3) is 2.97. The smallest absolute Gasteiger partial charge is 0.339 e. The Bertz CT molecular complexity index is 754. The van der Waals surface area contributed by atoms with E-state index in [0.717, 1.165) is 11.8 Å². The molecule has 2 N–H and O–H groups in total. The summed E-state index contributed by atoms with van der Waals surface area (Å²) < 4.78 is 14.5. The van der Waals surface area contributed by atoms with Crippen LogP contribution in [0.4, 0.5) is 4.39 Å². The standard InChI is InChI=1S/C12H12FN3O3S/c1-6(17)8-5-7(13)3-4-9(8)20-12-14-10(18)11(19)15-16(12)2/h3-6,17H,1-2H3,(H,15,19). The number of aliphatic hydroxyl groups is 1. The maximum absolute atomic E-state index is 13.2. The van der Waals surface area contributed by atoms with E-state index in [1.165, 1.54) is 36.9 Å². The van der Waals surface area contributed by atoms with Gasteiger partial charge in [-0.15, -0.1) is 0 Å². The Morgan fingerprint density at radius 3 is 2.80 bits per heavy atom. The first-order valence-corrected chi connectivity index (χ1v) is 6.53. The Hall–Kier alpha value is -1.93. The molecule has 0 bridgehead atoms. The SMILES string of the molecule is CC(O)c1cc(F)ccc1Sc1nc(=O)c(=O)[nH]n1C. The molecular weight excluding hydrogens is 285 g/mol. The zero-order chi connectivity index (χ0) is 14.9. The highest BCUT2D eigenvalue weighted by Crippen LogP contribution is 2.31. The Kier molecular flexibility index (Phi) is 4.05. The van der Waals surface area contributed by atoms with Crippen molar-refractivity contribution in [3.8, 4) is 0 Å². The fourth-order valence-corrected chi connectivity index (χ4v) is 2.58. The number of nitrogens with zero attached hydrogens (tertiary/aromatic N) is 2. The number of benzene rings is 1. The number of nitrogens with one attached hydrogen (secondary N) is 1. The van der Waals surface area contributed by atoms with Crippen LogP contribution >= 0.6 is 11.8 Å². The van der Waals surface area contributed by atoms with Gasteiger partial charge in [0.05, 0.1) is 6.10 Å². The Morgan fingerprint density at radius 1 is 1.45 bits per heavy atom. The minimum Gasteiger partial charge on any atom is -0.389 e. The van der Waals surface area contributed by atoms with Crippen molar-refractivity contribution in [3.63, 3.8) is 0 Å². The molecule has 0 aliphatic rings. The summed E-state index contributed by atoms with van der Waals surface area (Å²) in [5.41, 5.74) is -1.33. The molecule has 0 radical (unpaired) electrons. The molecule has 2 rings (SSSR count). The fraction of sp³-hybridized carbons (Fsp3) is 0.250. The highest BCUT2D eigenvalue weighted by atomic mass is 32.2. The van der Waals surface area contributed by atoms with Gasteiger partial charge in [-0.3, -0.25) is 19.4 Å². The predicted molar refractivity (Wildman–Crippen MR) is 71.3 cm³/mol. The Morgan fingerprint density at radius 2 is 2.15 bits per heavy atom. The number of halogens is 1. The molecule has 8 heteroatoms. The van der Waals surface area contributed by atoms with E-state index in [0.29, 0.717) is 10.5 Å². The molecular formula is C12H12FN3O3S. The molecule has 2 aromatic rings. The van der Waals surface area contributed by atoms with Gasteiger partial charge >= 0.3 is 11.1 Å². The van der Waals surface area contributed by atoms with E-state index in [1.807, 2.05) is 0 Å². The van der Waals surface area contributed by atoms with E-state index < -0.39 is 23.0 Å². The number of H-pyrrole nitrogens is 1. The summed E-state index contributed by atoms with van der Waals surface area (Å²) in [7, 11) is 1.53. The minimum absolute atomic E-state index is 0.239. The zero-order valence-electron chi connectivity index (χ0n) is 10.8. The molecule has 0 amide bonds. The van der Waals surface area contributed by atoms with Crippen molar-refractivity contribution in [3.05, 3.63) is 50.3 Å². The van der Waals surface area contributed by atoms with Crippen molar-refractivity contribution in [1.29, 1.82) is 0 Å². The first kappa shape index (κ1) is 14.5. The van der Waals surface area contributed by atoms with Crippen molar-refractivity contribution in [2.24, 2.45) is 7.05 Å². The molecule has 1 atom stereocenters. The number of aromatic nitrogens is 3. The largest absolute Gasteiger partial charge is 0.389 e. The van der Waals surface area contributed by atoms with Crippen LogP contribution in [-0.4, -0.2) is 19.9 Å². The van der Waals surface area contributed by atoms with Crippen LogP contribution in [0.1, 0.15) is 18.6 Å². The molecule has 1 heterocycles. The van der Waals surface area contributed by atoms with Gasteiger partial charge in [-0.2, -0.15) is 4.98 Å². The highest BCUT2D eigenvalue weighted by Gasteiger charge is 2.13. The molecule has 0 saturated heterocycles. The number of aryl methyl sites for hydroxylation is 1. The van der Waals surface area contributed by atoms with Crippen LogP contribution in [0.3, 0.4) is 0 Å². The minimum atomic E-state index is -0.897. The lowest BCUT2D eigenvalue weighted by Gasteiger charge is -2.12.